The number of carboxylic acids is 1. The average molecular weight is 703 g/mol. The number of halogens is 5. The lowest BCUT2D eigenvalue weighted by atomic mass is 9.87. The minimum Gasteiger partial charge on any atom is -0.481 e. The van der Waals surface area contributed by atoms with Gasteiger partial charge in [-0.15, -0.1) is 0 Å². The SMILES string of the molecule is Cc1cc(F)cc2c1-c1cc(c(F)c(C(F)(F)F)c1)[C@H](CC(=O)O)NC(=O)[C@@H](n1cc(C3CCN(C)CC3)c(C)nc1=O)CCCCCCC2. The molecule has 2 aliphatic heterocycles. The molecule has 1 fully saturated rings. The Hall–Kier alpha value is -4.13. The third-order valence-corrected chi connectivity index (χ3v) is 10.0. The van der Waals surface area contributed by atoms with Crippen molar-refractivity contribution in [1.29, 1.82) is 0 Å². The molecule has 13 heteroatoms. The minimum atomic E-state index is -5.17. The van der Waals surface area contributed by atoms with Crippen LogP contribution >= 0.6 is 0 Å². The molecule has 0 aliphatic carbocycles. The van der Waals surface area contributed by atoms with Gasteiger partial charge in [0.15, 0.2) is 0 Å². The van der Waals surface area contributed by atoms with Crippen molar-refractivity contribution >= 4 is 11.9 Å². The minimum absolute atomic E-state index is 0.0729. The number of hydrogen-bond acceptors (Lipinski definition) is 5. The van der Waals surface area contributed by atoms with Crippen LogP contribution in [0.1, 0.15) is 109 Å². The lowest BCUT2D eigenvalue weighted by Crippen LogP contribution is -2.41. The average Bonchev–Trinajstić information content (AvgIpc) is 3.02. The highest BCUT2D eigenvalue weighted by Gasteiger charge is 2.38. The molecule has 0 unspecified atom stereocenters. The fraction of sp³-hybridized carbons (Fsp3) is 0.514. The third-order valence-electron chi connectivity index (χ3n) is 10.0. The van der Waals surface area contributed by atoms with E-state index >= 15 is 4.39 Å². The Labute approximate surface area is 287 Å². The van der Waals surface area contributed by atoms with Crippen molar-refractivity contribution in [2.24, 2.45) is 0 Å². The smallest absolute Gasteiger partial charge is 0.419 e. The van der Waals surface area contributed by atoms with Crippen molar-refractivity contribution in [3.63, 3.8) is 0 Å². The van der Waals surface area contributed by atoms with Crippen molar-refractivity contribution in [1.82, 2.24) is 19.8 Å². The maximum absolute atomic E-state index is 16.0. The van der Waals surface area contributed by atoms with Gasteiger partial charge in [-0.1, -0.05) is 25.7 Å². The van der Waals surface area contributed by atoms with Crippen LogP contribution in [0.25, 0.3) is 11.1 Å². The first-order chi connectivity index (χ1) is 23.6. The van der Waals surface area contributed by atoms with Crippen LogP contribution in [-0.2, 0) is 22.2 Å². The number of rotatable bonds is 4. The van der Waals surface area contributed by atoms with E-state index < -0.39 is 65.0 Å². The first-order valence-corrected chi connectivity index (χ1v) is 17.1. The lowest BCUT2D eigenvalue weighted by Gasteiger charge is -2.30. The van der Waals surface area contributed by atoms with E-state index in [9.17, 15) is 37.1 Å². The van der Waals surface area contributed by atoms with Gasteiger partial charge >= 0.3 is 17.8 Å². The van der Waals surface area contributed by atoms with Crippen LogP contribution in [0, 0.1) is 25.5 Å². The Morgan fingerprint density at radius 2 is 1.64 bits per heavy atom. The number of aryl methyl sites for hydroxylation is 3. The summed E-state index contributed by atoms with van der Waals surface area (Å²) < 4.78 is 74.9. The maximum Gasteiger partial charge on any atom is 0.419 e. The summed E-state index contributed by atoms with van der Waals surface area (Å²) in [6.45, 7) is 4.97. The molecule has 0 saturated carbocycles. The number of carbonyl (C=O) groups excluding carboxylic acids is 1. The fourth-order valence-electron chi connectivity index (χ4n) is 7.44. The number of piperidine rings is 1. The van der Waals surface area contributed by atoms with E-state index in [-0.39, 0.29) is 17.9 Å². The summed E-state index contributed by atoms with van der Waals surface area (Å²) in [7, 11) is 2.02. The van der Waals surface area contributed by atoms with Crippen LogP contribution < -0.4 is 11.0 Å². The molecule has 3 heterocycles. The number of carboxylic acid groups (broad SMARTS) is 1. The van der Waals surface area contributed by atoms with Crippen LogP contribution in [-0.4, -0.2) is 51.6 Å². The molecule has 2 atom stereocenters. The zero-order chi connectivity index (χ0) is 36.3. The van der Waals surface area contributed by atoms with Gasteiger partial charge < -0.3 is 15.3 Å². The molecular weight excluding hydrogens is 659 g/mol. The van der Waals surface area contributed by atoms with Gasteiger partial charge in [0.1, 0.15) is 17.7 Å². The van der Waals surface area contributed by atoms with Crippen molar-refractivity contribution in [2.45, 2.75) is 102 Å². The Morgan fingerprint density at radius 1 is 0.960 bits per heavy atom. The zero-order valence-electron chi connectivity index (χ0n) is 28.5. The molecule has 2 aliphatic rings. The van der Waals surface area contributed by atoms with Gasteiger partial charge in [-0.2, -0.15) is 18.2 Å². The highest BCUT2D eigenvalue weighted by Crippen LogP contribution is 2.41. The van der Waals surface area contributed by atoms with Gasteiger partial charge in [-0.25, -0.2) is 13.6 Å². The Morgan fingerprint density at radius 3 is 2.32 bits per heavy atom. The van der Waals surface area contributed by atoms with E-state index in [1.165, 1.54) is 16.7 Å². The molecule has 0 radical (unpaired) electrons. The number of nitrogens with one attached hydrogen (secondary N) is 1. The standard InChI is InChI=1S/C37H43F5N4O4/c1-21-15-26(38)16-24-9-7-5-4-6-8-10-31(46-20-28(22(2)43-36(46)50)23-11-13-45(3)14-12-23)35(49)44-30(19-32(47)48)27-17-25(33(21)24)18-29(34(27)39)37(40,41)42/h15-18,20,23,30-31H,4-14,19H2,1-3H3,(H,44,49)(H,47,48)/t30-,31-/m0/s1. The van der Waals surface area contributed by atoms with E-state index in [1.54, 1.807) is 20.0 Å². The number of alkyl halides is 3. The van der Waals surface area contributed by atoms with E-state index in [2.05, 4.69) is 15.2 Å². The van der Waals surface area contributed by atoms with Crippen molar-refractivity contribution in [2.75, 3.05) is 20.1 Å². The summed E-state index contributed by atoms with van der Waals surface area (Å²) in [5.74, 6) is -4.50. The van der Waals surface area contributed by atoms with Crippen molar-refractivity contribution in [3.05, 3.63) is 86.1 Å². The molecule has 3 aromatic rings. The summed E-state index contributed by atoms with van der Waals surface area (Å²) in [4.78, 5) is 46.1. The van der Waals surface area contributed by atoms with Crippen molar-refractivity contribution in [3.8, 4) is 11.1 Å². The molecule has 1 aromatic heterocycles. The topological polar surface area (TPSA) is 105 Å². The maximum atomic E-state index is 16.0. The number of aliphatic carboxylic acids is 1. The second kappa shape index (κ2) is 15.4. The first-order valence-electron chi connectivity index (χ1n) is 17.1. The molecule has 1 amide bonds. The molecule has 270 valence electrons. The second-order valence-corrected chi connectivity index (χ2v) is 13.7. The number of amides is 1. The van der Waals surface area contributed by atoms with Gasteiger partial charge in [0.2, 0.25) is 5.91 Å². The quantitative estimate of drug-likeness (QED) is 0.275. The van der Waals surface area contributed by atoms with Crippen molar-refractivity contribution < 1.29 is 36.6 Å². The highest BCUT2D eigenvalue weighted by molar-refractivity contribution is 5.82. The van der Waals surface area contributed by atoms with E-state index in [1.807, 2.05) is 7.05 Å². The summed E-state index contributed by atoms with van der Waals surface area (Å²) in [5, 5.41) is 12.3. The van der Waals surface area contributed by atoms with E-state index in [0.29, 0.717) is 54.1 Å². The molecule has 0 spiro atoms. The third kappa shape index (κ3) is 8.42. The number of fused-ring (bicyclic) bond motifs is 4. The van der Waals surface area contributed by atoms with Crippen LogP contribution in [0.4, 0.5) is 22.0 Å². The Balaban J connectivity index is 1.65. The molecule has 8 nitrogen and oxygen atoms in total. The van der Waals surface area contributed by atoms with Gasteiger partial charge in [0.05, 0.1) is 18.0 Å². The Kier molecular flexibility index (Phi) is 11.4. The summed E-state index contributed by atoms with van der Waals surface area (Å²) >= 11 is 0. The molecule has 50 heavy (non-hydrogen) atoms. The van der Waals surface area contributed by atoms with Gasteiger partial charge in [0, 0.05) is 17.5 Å². The molecule has 1 saturated heterocycles. The van der Waals surface area contributed by atoms with Gasteiger partial charge in [0.25, 0.3) is 0 Å². The predicted octanol–water partition coefficient (Wildman–Crippen LogP) is 7.40. The summed E-state index contributed by atoms with van der Waals surface area (Å²) in [6, 6.07) is 1.29. The molecule has 2 bridgehead atoms. The lowest BCUT2D eigenvalue weighted by molar-refractivity contribution is -0.140. The monoisotopic (exact) mass is 702 g/mol. The van der Waals surface area contributed by atoms with Crippen LogP contribution in [0.2, 0.25) is 0 Å². The normalized spacial score (nSPS) is 20.3. The number of carbonyl (C=O) groups is 2. The zero-order valence-corrected chi connectivity index (χ0v) is 28.5. The van der Waals surface area contributed by atoms with E-state index in [4.69, 9.17) is 0 Å². The number of nitrogens with zero attached hydrogens (tertiary/aromatic N) is 3. The van der Waals surface area contributed by atoms with Gasteiger partial charge in [-0.05, 0) is 124 Å². The summed E-state index contributed by atoms with van der Waals surface area (Å²) in [5.41, 5.74) is -0.626. The molecular formula is C37H43F5N4O4. The van der Waals surface area contributed by atoms with Crippen LogP contribution in [0.15, 0.2) is 35.3 Å². The fourth-order valence-corrected chi connectivity index (χ4v) is 7.44. The van der Waals surface area contributed by atoms with Gasteiger partial charge in [-0.3, -0.25) is 14.2 Å². The largest absolute Gasteiger partial charge is 0.481 e. The number of benzene rings is 2. The Bertz CT molecular complexity index is 1800. The number of likely N-dealkylation sites (tertiary alicyclic amines) is 1. The summed E-state index contributed by atoms with van der Waals surface area (Å²) in [6.07, 6.45) is 0.942. The van der Waals surface area contributed by atoms with Crippen LogP contribution in [0.5, 0.6) is 0 Å². The highest BCUT2D eigenvalue weighted by atomic mass is 19.4. The van der Waals surface area contributed by atoms with Crippen LogP contribution in [0.3, 0.4) is 0 Å². The molecule has 5 rings (SSSR count). The predicted molar refractivity (Wildman–Crippen MR) is 178 cm³/mol. The van der Waals surface area contributed by atoms with E-state index in [0.717, 1.165) is 50.4 Å². The second-order valence-electron chi connectivity index (χ2n) is 13.7. The number of hydrogen-bond donors (Lipinski definition) is 2. The number of aromatic nitrogens is 2. The molecule has 2 N–H and O–H groups in total. The first kappa shape index (κ1) is 37.1. The molecule has 2 aromatic carbocycles.